The lowest BCUT2D eigenvalue weighted by Crippen LogP contribution is -2.02. The Morgan fingerprint density at radius 2 is 2.33 bits per heavy atom. The first-order valence-electron chi connectivity index (χ1n) is 4.98. The quantitative estimate of drug-likeness (QED) is 0.625. The number of hydrogen-bond acceptors (Lipinski definition) is 6. The lowest BCUT2D eigenvalue weighted by atomic mass is 10.2. The van der Waals surface area contributed by atoms with Crippen molar-refractivity contribution in [3.63, 3.8) is 0 Å². The van der Waals surface area contributed by atoms with Crippen LogP contribution in [0.25, 0.3) is 11.5 Å². The number of hydrogen-bond donors (Lipinski definition) is 0. The Hall–Kier alpha value is -1.89. The summed E-state index contributed by atoms with van der Waals surface area (Å²) in [5.41, 5.74) is 0.493. The van der Waals surface area contributed by atoms with E-state index in [0.717, 1.165) is 11.8 Å². The fourth-order valence-electron chi connectivity index (χ4n) is 1.19. The first-order chi connectivity index (χ1) is 8.69. The molecule has 2 rings (SSSR count). The van der Waals surface area contributed by atoms with Gasteiger partial charge in [0.1, 0.15) is 11.6 Å². The molecule has 1 heterocycles. The molecule has 2 aromatic rings. The molecule has 94 valence electrons. The summed E-state index contributed by atoms with van der Waals surface area (Å²) in [4.78, 5) is 10.9. The maximum absolute atomic E-state index is 13.0. The van der Waals surface area contributed by atoms with Gasteiger partial charge in [-0.05, 0) is 18.2 Å². The maximum Gasteiger partial charge on any atom is 0.316 e. The van der Waals surface area contributed by atoms with E-state index in [4.69, 9.17) is 4.42 Å². The first-order valence-corrected chi connectivity index (χ1v) is 5.96. The second kappa shape index (κ2) is 5.63. The summed E-state index contributed by atoms with van der Waals surface area (Å²) in [6, 6.07) is 5.83. The first kappa shape index (κ1) is 12.6. The van der Waals surface area contributed by atoms with E-state index in [1.165, 1.54) is 19.2 Å². The van der Waals surface area contributed by atoms with E-state index in [9.17, 15) is 9.18 Å². The fourth-order valence-corrected chi connectivity index (χ4v) is 1.78. The van der Waals surface area contributed by atoms with Gasteiger partial charge in [-0.15, -0.1) is 10.2 Å². The minimum absolute atomic E-state index is 0.0846. The predicted octanol–water partition coefficient (Wildman–Crippen LogP) is 2.14. The fraction of sp³-hybridized carbons (Fsp3) is 0.182. The molecule has 5 nitrogen and oxygen atoms in total. The Labute approximate surface area is 106 Å². The van der Waals surface area contributed by atoms with Crippen LogP contribution in [0.4, 0.5) is 4.39 Å². The lowest BCUT2D eigenvalue weighted by molar-refractivity contribution is -0.137. The monoisotopic (exact) mass is 268 g/mol. The molecule has 0 spiro atoms. The van der Waals surface area contributed by atoms with Crippen LogP contribution in [0.15, 0.2) is 33.9 Å². The van der Waals surface area contributed by atoms with Gasteiger partial charge in [-0.3, -0.25) is 4.79 Å². The molecule has 1 aromatic heterocycles. The lowest BCUT2D eigenvalue weighted by Gasteiger charge is -1.95. The molecule has 18 heavy (non-hydrogen) atoms. The summed E-state index contributed by atoms with van der Waals surface area (Å²) < 4.78 is 22.8. The number of nitrogens with zero attached hydrogens (tertiary/aromatic N) is 2. The van der Waals surface area contributed by atoms with Gasteiger partial charge in [0.2, 0.25) is 5.89 Å². The predicted molar refractivity (Wildman–Crippen MR) is 62.4 cm³/mol. The van der Waals surface area contributed by atoms with Gasteiger partial charge in [0.15, 0.2) is 0 Å². The third kappa shape index (κ3) is 3.07. The number of carbonyl (C=O) groups is 1. The molecule has 0 saturated carbocycles. The van der Waals surface area contributed by atoms with Crippen LogP contribution >= 0.6 is 11.8 Å². The third-order valence-corrected chi connectivity index (χ3v) is 2.81. The van der Waals surface area contributed by atoms with Crippen LogP contribution in [0.1, 0.15) is 0 Å². The highest BCUT2D eigenvalue weighted by molar-refractivity contribution is 7.99. The molecule has 0 amide bonds. The van der Waals surface area contributed by atoms with E-state index in [1.54, 1.807) is 12.1 Å². The van der Waals surface area contributed by atoms with Crippen LogP contribution in [0.3, 0.4) is 0 Å². The Morgan fingerprint density at radius 3 is 3.06 bits per heavy atom. The van der Waals surface area contributed by atoms with E-state index in [2.05, 4.69) is 14.9 Å². The highest BCUT2D eigenvalue weighted by Crippen LogP contribution is 2.23. The molecule has 0 N–H and O–H groups in total. The van der Waals surface area contributed by atoms with E-state index in [0.29, 0.717) is 5.56 Å². The number of ether oxygens (including phenoxy) is 1. The molecule has 0 unspecified atom stereocenters. The highest BCUT2D eigenvalue weighted by atomic mass is 32.2. The van der Waals surface area contributed by atoms with Gasteiger partial charge in [0.05, 0.1) is 7.11 Å². The molecular weight excluding hydrogens is 259 g/mol. The van der Waals surface area contributed by atoms with E-state index < -0.39 is 0 Å². The second-order valence-electron chi connectivity index (χ2n) is 3.25. The number of halogens is 1. The number of benzene rings is 1. The van der Waals surface area contributed by atoms with Crippen molar-refractivity contribution in [1.29, 1.82) is 0 Å². The minimum Gasteiger partial charge on any atom is -0.468 e. The minimum atomic E-state index is -0.384. The molecule has 0 aliphatic carbocycles. The summed E-state index contributed by atoms with van der Waals surface area (Å²) in [7, 11) is 1.30. The summed E-state index contributed by atoms with van der Waals surface area (Å²) in [6.07, 6.45) is 0. The summed E-state index contributed by atoms with van der Waals surface area (Å²) in [5.74, 6) is -0.469. The number of methoxy groups -OCH3 is 1. The second-order valence-corrected chi connectivity index (χ2v) is 4.17. The molecular formula is C11H9FN2O3S. The van der Waals surface area contributed by atoms with Crippen molar-refractivity contribution in [3.8, 4) is 11.5 Å². The van der Waals surface area contributed by atoms with E-state index in [1.807, 2.05) is 0 Å². The summed E-state index contributed by atoms with van der Waals surface area (Å²) in [5, 5.41) is 7.76. The average molecular weight is 268 g/mol. The van der Waals surface area contributed by atoms with Crippen LogP contribution in [0, 0.1) is 5.82 Å². The number of aromatic nitrogens is 2. The Bertz CT molecular complexity index is 559. The van der Waals surface area contributed by atoms with E-state index in [-0.39, 0.29) is 28.7 Å². The SMILES string of the molecule is COC(=O)CSc1nnc(-c2cccc(F)c2)o1. The normalized spacial score (nSPS) is 10.3. The molecule has 0 aliphatic heterocycles. The Kier molecular flexibility index (Phi) is 3.93. The van der Waals surface area contributed by atoms with Crippen molar-refractivity contribution in [2.75, 3.05) is 12.9 Å². The van der Waals surface area contributed by atoms with Crippen molar-refractivity contribution in [1.82, 2.24) is 10.2 Å². The molecule has 0 saturated heterocycles. The largest absolute Gasteiger partial charge is 0.468 e. The van der Waals surface area contributed by atoms with Crippen molar-refractivity contribution in [3.05, 3.63) is 30.1 Å². The Balaban J connectivity index is 2.08. The number of esters is 1. The molecule has 7 heteroatoms. The molecule has 0 bridgehead atoms. The summed E-state index contributed by atoms with van der Waals surface area (Å²) >= 11 is 1.06. The van der Waals surface area contributed by atoms with Crippen LogP contribution in [0.2, 0.25) is 0 Å². The zero-order chi connectivity index (χ0) is 13.0. The van der Waals surface area contributed by atoms with Gasteiger partial charge in [-0.25, -0.2) is 4.39 Å². The van der Waals surface area contributed by atoms with Crippen molar-refractivity contribution < 1.29 is 18.3 Å². The molecule has 0 atom stereocenters. The van der Waals surface area contributed by atoms with Gasteiger partial charge in [0.25, 0.3) is 5.22 Å². The molecule has 0 radical (unpaired) electrons. The van der Waals surface area contributed by atoms with Crippen LogP contribution < -0.4 is 0 Å². The average Bonchev–Trinajstić information content (AvgIpc) is 2.84. The van der Waals surface area contributed by atoms with Gasteiger partial charge in [-0.1, -0.05) is 17.8 Å². The number of carbonyl (C=O) groups excluding carboxylic acids is 1. The summed E-state index contributed by atoms with van der Waals surface area (Å²) in [6.45, 7) is 0. The zero-order valence-corrected chi connectivity index (χ0v) is 10.2. The van der Waals surface area contributed by atoms with Gasteiger partial charge in [0, 0.05) is 5.56 Å². The van der Waals surface area contributed by atoms with Gasteiger partial charge < -0.3 is 9.15 Å². The maximum atomic E-state index is 13.0. The van der Waals surface area contributed by atoms with Crippen molar-refractivity contribution >= 4 is 17.7 Å². The Morgan fingerprint density at radius 1 is 1.50 bits per heavy atom. The molecule has 0 fully saturated rings. The van der Waals surface area contributed by atoms with Crippen molar-refractivity contribution in [2.45, 2.75) is 5.22 Å². The zero-order valence-electron chi connectivity index (χ0n) is 9.42. The topological polar surface area (TPSA) is 65.2 Å². The van der Waals surface area contributed by atoms with Crippen LogP contribution in [0.5, 0.6) is 0 Å². The van der Waals surface area contributed by atoms with Crippen LogP contribution in [-0.4, -0.2) is 29.0 Å². The van der Waals surface area contributed by atoms with Crippen molar-refractivity contribution in [2.24, 2.45) is 0 Å². The number of rotatable bonds is 4. The number of thioether (sulfide) groups is 1. The molecule has 1 aromatic carbocycles. The van der Waals surface area contributed by atoms with Gasteiger partial charge >= 0.3 is 5.97 Å². The van der Waals surface area contributed by atoms with Gasteiger partial charge in [-0.2, -0.15) is 0 Å². The molecule has 0 aliphatic rings. The van der Waals surface area contributed by atoms with Crippen LogP contribution in [-0.2, 0) is 9.53 Å². The standard InChI is InChI=1S/C11H9FN2O3S/c1-16-9(15)6-18-11-14-13-10(17-11)7-3-2-4-8(12)5-7/h2-5H,6H2,1H3. The highest BCUT2D eigenvalue weighted by Gasteiger charge is 2.11. The smallest absolute Gasteiger partial charge is 0.316 e. The van der Waals surface area contributed by atoms with E-state index >= 15 is 0 Å². The third-order valence-electron chi connectivity index (χ3n) is 2.02.